The lowest BCUT2D eigenvalue weighted by atomic mass is 9.92. The molecule has 0 radical (unpaired) electrons. The van der Waals surface area contributed by atoms with Crippen LogP contribution in [0.5, 0.6) is 5.75 Å². The molecule has 0 saturated carbocycles. The molecule has 4 rings (SSSR count). The van der Waals surface area contributed by atoms with Crippen LogP contribution < -0.4 is 15.4 Å². The maximum absolute atomic E-state index is 13.0. The maximum atomic E-state index is 13.0. The third-order valence-electron chi connectivity index (χ3n) is 5.32. The number of benzene rings is 3. The largest absolute Gasteiger partial charge is 0.497 e. The Labute approximate surface area is 188 Å². The Hall–Kier alpha value is -3.80. The summed E-state index contributed by atoms with van der Waals surface area (Å²) in [5.74, 6) is 1.28. The highest BCUT2D eigenvalue weighted by Crippen LogP contribution is 2.30. The molecule has 0 spiro atoms. The van der Waals surface area contributed by atoms with Crippen molar-refractivity contribution in [1.29, 1.82) is 0 Å². The molecule has 1 aromatic heterocycles. The van der Waals surface area contributed by atoms with Crippen molar-refractivity contribution in [1.82, 2.24) is 9.78 Å². The number of aryl methyl sites for hydroxylation is 1. The van der Waals surface area contributed by atoms with E-state index in [1.165, 1.54) is 0 Å². The lowest BCUT2D eigenvalue weighted by molar-refractivity contribution is 0.262. The van der Waals surface area contributed by atoms with Crippen LogP contribution in [0.25, 0.3) is 16.5 Å². The van der Waals surface area contributed by atoms with Gasteiger partial charge in [-0.15, -0.1) is 0 Å². The fourth-order valence-electron chi connectivity index (χ4n) is 3.49. The van der Waals surface area contributed by atoms with E-state index in [1.807, 2.05) is 73.7 Å². The van der Waals surface area contributed by atoms with Crippen molar-refractivity contribution in [2.45, 2.75) is 33.1 Å². The second-order valence-electron chi connectivity index (χ2n) is 8.89. The first-order chi connectivity index (χ1) is 15.2. The third-order valence-corrected chi connectivity index (χ3v) is 5.32. The third kappa shape index (κ3) is 4.44. The Balaban J connectivity index is 1.67. The van der Waals surface area contributed by atoms with Gasteiger partial charge in [0.25, 0.3) is 0 Å². The predicted molar refractivity (Wildman–Crippen MR) is 130 cm³/mol. The second-order valence-corrected chi connectivity index (χ2v) is 8.89. The average molecular weight is 429 g/mol. The predicted octanol–water partition coefficient (Wildman–Crippen LogP) is 6.28. The van der Waals surface area contributed by atoms with E-state index in [1.54, 1.807) is 11.8 Å². The number of carbonyl (C=O) groups excluding carboxylic acids is 1. The van der Waals surface area contributed by atoms with E-state index in [9.17, 15) is 4.79 Å². The minimum atomic E-state index is -0.350. The van der Waals surface area contributed by atoms with Crippen LogP contribution in [0, 0.1) is 6.92 Å². The number of nitrogens with one attached hydrogen (secondary N) is 2. The van der Waals surface area contributed by atoms with Crippen LogP contribution in [0.3, 0.4) is 0 Å². The number of rotatable bonds is 4. The maximum Gasteiger partial charge on any atom is 0.324 e. The summed E-state index contributed by atoms with van der Waals surface area (Å²) < 4.78 is 7.17. The van der Waals surface area contributed by atoms with Crippen molar-refractivity contribution >= 4 is 28.3 Å². The van der Waals surface area contributed by atoms with Gasteiger partial charge in [0.1, 0.15) is 11.6 Å². The number of aromatic nitrogens is 2. The Morgan fingerprint density at radius 2 is 1.69 bits per heavy atom. The first-order valence-electron chi connectivity index (χ1n) is 10.6. The van der Waals surface area contributed by atoms with E-state index >= 15 is 0 Å². The second kappa shape index (κ2) is 8.38. The molecule has 1 heterocycles. The smallest absolute Gasteiger partial charge is 0.324 e. The van der Waals surface area contributed by atoms with Gasteiger partial charge in [0.05, 0.1) is 24.2 Å². The van der Waals surface area contributed by atoms with Crippen LogP contribution in [0.2, 0.25) is 0 Å². The van der Waals surface area contributed by atoms with E-state index in [-0.39, 0.29) is 11.4 Å². The molecule has 0 bridgehead atoms. The van der Waals surface area contributed by atoms with Gasteiger partial charge in [-0.2, -0.15) is 5.10 Å². The number of carbonyl (C=O) groups is 1. The molecule has 4 aromatic rings. The summed E-state index contributed by atoms with van der Waals surface area (Å²) in [4.78, 5) is 13.0. The highest BCUT2D eigenvalue weighted by molar-refractivity contribution is 6.06. The molecule has 164 valence electrons. The quantitative estimate of drug-likeness (QED) is 0.402. The zero-order valence-electron chi connectivity index (χ0n) is 19.1. The molecule has 0 aliphatic heterocycles. The van der Waals surface area contributed by atoms with Crippen molar-refractivity contribution in [3.8, 4) is 11.4 Å². The molecule has 0 fully saturated rings. The van der Waals surface area contributed by atoms with Crippen molar-refractivity contribution < 1.29 is 9.53 Å². The number of nitrogens with zero attached hydrogens (tertiary/aromatic N) is 2. The summed E-state index contributed by atoms with van der Waals surface area (Å²) in [6.45, 7) is 8.33. The fraction of sp³-hybridized carbons (Fsp3) is 0.231. The molecule has 2 amide bonds. The van der Waals surface area contributed by atoms with Crippen LogP contribution >= 0.6 is 0 Å². The molecular formula is C26H28N4O2. The van der Waals surface area contributed by atoms with Gasteiger partial charge in [0.2, 0.25) is 0 Å². The average Bonchev–Trinajstić information content (AvgIpc) is 3.18. The lowest BCUT2D eigenvalue weighted by Gasteiger charge is -2.14. The normalized spacial score (nSPS) is 11.4. The van der Waals surface area contributed by atoms with Gasteiger partial charge < -0.3 is 10.1 Å². The molecular weight excluding hydrogens is 400 g/mol. The fourth-order valence-corrected chi connectivity index (χ4v) is 3.49. The number of hydrogen-bond donors (Lipinski definition) is 2. The number of hydrogen-bond acceptors (Lipinski definition) is 3. The Morgan fingerprint density at radius 3 is 2.38 bits per heavy atom. The number of fused-ring (bicyclic) bond motifs is 1. The van der Waals surface area contributed by atoms with Gasteiger partial charge in [-0.25, -0.2) is 9.48 Å². The van der Waals surface area contributed by atoms with Crippen molar-refractivity contribution in [2.75, 3.05) is 17.7 Å². The van der Waals surface area contributed by atoms with E-state index < -0.39 is 0 Å². The number of amides is 2. The van der Waals surface area contributed by atoms with Gasteiger partial charge in [0, 0.05) is 22.9 Å². The number of methoxy groups -OCH3 is 1. The Morgan fingerprint density at radius 1 is 0.969 bits per heavy atom. The van der Waals surface area contributed by atoms with Crippen LogP contribution in [-0.4, -0.2) is 22.9 Å². The minimum Gasteiger partial charge on any atom is -0.497 e. The standard InChI is InChI=1S/C26H28N4O2/c1-17-10-12-19(13-11-17)30-24(16-23(29-30)26(2,3)4)28-25(31)27-22-15-20(32-5)14-18-8-6-7-9-21(18)22/h6-16H,1-5H3,(H2,27,28,31). The summed E-state index contributed by atoms with van der Waals surface area (Å²) >= 11 is 0. The first kappa shape index (κ1) is 21.4. The van der Waals surface area contributed by atoms with Gasteiger partial charge in [-0.1, -0.05) is 62.7 Å². The summed E-state index contributed by atoms with van der Waals surface area (Å²) in [5, 5.41) is 12.6. The van der Waals surface area contributed by atoms with E-state index in [0.717, 1.165) is 27.7 Å². The number of ether oxygens (including phenoxy) is 1. The minimum absolute atomic E-state index is 0.161. The number of urea groups is 1. The Kier molecular flexibility index (Phi) is 5.61. The molecule has 2 N–H and O–H groups in total. The van der Waals surface area contributed by atoms with E-state index in [0.29, 0.717) is 17.3 Å². The molecule has 0 saturated heterocycles. The monoisotopic (exact) mass is 428 g/mol. The zero-order chi connectivity index (χ0) is 22.9. The van der Waals surface area contributed by atoms with Crippen LogP contribution in [-0.2, 0) is 5.41 Å². The van der Waals surface area contributed by atoms with Gasteiger partial charge in [-0.05, 0) is 30.5 Å². The molecule has 0 atom stereocenters. The number of anilines is 2. The van der Waals surface area contributed by atoms with E-state index in [4.69, 9.17) is 9.84 Å². The summed E-state index contributed by atoms with van der Waals surface area (Å²) in [5.41, 5.74) is 3.45. The van der Waals surface area contributed by atoms with Crippen LogP contribution in [0.15, 0.2) is 66.7 Å². The molecule has 6 nitrogen and oxygen atoms in total. The molecule has 0 unspecified atom stereocenters. The SMILES string of the molecule is COc1cc(NC(=O)Nc2cc(C(C)(C)C)nn2-c2ccc(C)cc2)c2ccccc2c1. The summed E-state index contributed by atoms with van der Waals surface area (Å²) in [6.07, 6.45) is 0. The summed E-state index contributed by atoms with van der Waals surface area (Å²) in [7, 11) is 1.61. The highest BCUT2D eigenvalue weighted by Gasteiger charge is 2.21. The van der Waals surface area contributed by atoms with Gasteiger partial charge >= 0.3 is 6.03 Å². The van der Waals surface area contributed by atoms with Crippen molar-refractivity contribution in [3.05, 3.63) is 78.0 Å². The van der Waals surface area contributed by atoms with Crippen LogP contribution in [0.4, 0.5) is 16.3 Å². The van der Waals surface area contributed by atoms with Crippen molar-refractivity contribution in [2.24, 2.45) is 0 Å². The molecule has 0 aliphatic carbocycles. The molecule has 32 heavy (non-hydrogen) atoms. The van der Waals surface area contributed by atoms with Gasteiger partial charge in [-0.3, -0.25) is 5.32 Å². The molecule has 6 heteroatoms. The lowest BCUT2D eigenvalue weighted by Crippen LogP contribution is -2.21. The van der Waals surface area contributed by atoms with E-state index in [2.05, 4.69) is 31.4 Å². The zero-order valence-corrected chi connectivity index (χ0v) is 19.1. The highest BCUT2D eigenvalue weighted by atomic mass is 16.5. The van der Waals surface area contributed by atoms with Gasteiger partial charge in [0.15, 0.2) is 0 Å². The topological polar surface area (TPSA) is 68.2 Å². The van der Waals surface area contributed by atoms with Crippen LogP contribution in [0.1, 0.15) is 32.0 Å². The first-order valence-corrected chi connectivity index (χ1v) is 10.6. The summed E-state index contributed by atoms with van der Waals surface area (Å²) in [6, 6.07) is 21.2. The molecule has 3 aromatic carbocycles. The Bertz CT molecular complexity index is 1270. The van der Waals surface area contributed by atoms with Crippen molar-refractivity contribution in [3.63, 3.8) is 0 Å². The molecule has 0 aliphatic rings.